The van der Waals surface area contributed by atoms with Gasteiger partial charge in [-0.3, -0.25) is 4.79 Å². The van der Waals surface area contributed by atoms with Crippen LogP contribution in [0.15, 0.2) is 40.9 Å². The van der Waals surface area contributed by atoms with Gasteiger partial charge in [0.25, 0.3) is 0 Å². The first-order valence-electron chi connectivity index (χ1n) is 6.06. The second-order valence-electron chi connectivity index (χ2n) is 4.67. The number of carbonyl (C=O) groups is 1. The summed E-state index contributed by atoms with van der Waals surface area (Å²) in [6.07, 6.45) is 0.440. The Kier molecular flexibility index (Phi) is 3.89. The second-order valence-corrected chi connectivity index (χ2v) is 6.91. The molecule has 3 rings (SSSR count). The number of alkyl halides is 1. The minimum Gasteiger partial charge on any atom is -0.326 e. The standard InChI is InChI=1S/C15H10Br2ClNO/c16-10-2-3-12(18)11(7-10)15(17)8-1-4-13-9(5-8)6-14(20)19-13/h1-5,7,15H,6H2,(H,19,20). The highest BCUT2D eigenvalue weighted by Gasteiger charge is 2.20. The highest BCUT2D eigenvalue weighted by molar-refractivity contribution is 9.10. The van der Waals surface area contributed by atoms with Crippen molar-refractivity contribution in [2.75, 3.05) is 5.32 Å². The summed E-state index contributed by atoms with van der Waals surface area (Å²) >= 11 is 13.4. The number of halogens is 3. The van der Waals surface area contributed by atoms with E-state index in [-0.39, 0.29) is 10.7 Å². The molecule has 0 fully saturated rings. The van der Waals surface area contributed by atoms with Crippen LogP contribution in [0.5, 0.6) is 0 Å². The van der Waals surface area contributed by atoms with Gasteiger partial charge in [-0.2, -0.15) is 0 Å². The van der Waals surface area contributed by atoms with Crippen LogP contribution in [0, 0.1) is 0 Å². The van der Waals surface area contributed by atoms with E-state index >= 15 is 0 Å². The van der Waals surface area contributed by atoms with Gasteiger partial charge in [0.05, 0.1) is 11.2 Å². The van der Waals surface area contributed by atoms with Gasteiger partial charge in [-0.25, -0.2) is 0 Å². The molecule has 1 N–H and O–H groups in total. The molecule has 1 amide bonds. The van der Waals surface area contributed by atoms with Crippen molar-refractivity contribution in [1.82, 2.24) is 0 Å². The van der Waals surface area contributed by atoms with E-state index in [1.165, 1.54) is 0 Å². The number of amides is 1. The molecule has 1 aliphatic heterocycles. The molecule has 0 aliphatic carbocycles. The molecule has 1 atom stereocenters. The molecule has 2 nitrogen and oxygen atoms in total. The van der Waals surface area contributed by atoms with Crippen LogP contribution in [-0.4, -0.2) is 5.91 Å². The Morgan fingerprint density at radius 2 is 2.00 bits per heavy atom. The van der Waals surface area contributed by atoms with Gasteiger partial charge in [-0.15, -0.1) is 0 Å². The predicted octanol–water partition coefficient (Wildman–Crippen LogP) is 5.08. The summed E-state index contributed by atoms with van der Waals surface area (Å²) in [6, 6.07) is 11.8. The van der Waals surface area contributed by atoms with Crippen LogP contribution in [0.25, 0.3) is 0 Å². The maximum Gasteiger partial charge on any atom is 0.228 e. The summed E-state index contributed by atoms with van der Waals surface area (Å²) in [6.45, 7) is 0. The topological polar surface area (TPSA) is 29.1 Å². The maximum absolute atomic E-state index is 11.4. The largest absolute Gasteiger partial charge is 0.326 e. The summed E-state index contributed by atoms with van der Waals surface area (Å²) in [5, 5.41) is 3.55. The Balaban J connectivity index is 1.99. The fourth-order valence-corrected chi connectivity index (χ4v) is 3.70. The molecule has 0 spiro atoms. The van der Waals surface area contributed by atoms with E-state index in [0.717, 1.165) is 26.9 Å². The van der Waals surface area contributed by atoms with E-state index in [4.69, 9.17) is 11.6 Å². The summed E-state index contributed by atoms with van der Waals surface area (Å²) < 4.78 is 0.986. The van der Waals surface area contributed by atoms with E-state index < -0.39 is 0 Å². The highest BCUT2D eigenvalue weighted by atomic mass is 79.9. The minimum atomic E-state index is -0.00602. The lowest BCUT2D eigenvalue weighted by Gasteiger charge is -2.14. The number of carbonyl (C=O) groups excluding carboxylic acids is 1. The van der Waals surface area contributed by atoms with Crippen LogP contribution in [0.2, 0.25) is 5.02 Å². The molecular weight excluding hydrogens is 405 g/mol. The number of rotatable bonds is 2. The Bertz CT molecular complexity index is 702. The summed E-state index contributed by atoms with van der Waals surface area (Å²) in [5.41, 5.74) is 4.01. The van der Waals surface area contributed by atoms with Crippen LogP contribution >= 0.6 is 43.5 Å². The van der Waals surface area contributed by atoms with Gasteiger partial charge in [0.15, 0.2) is 0 Å². The molecule has 2 aromatic carbocycles. The maximum atomic E-state index is 11.4. The van der Waals surface area contributed by atoms with Gasteiger partial charge >= 0.3 is 0 Å². The molecule has 0 saturated carbocycles. The molecule has 102 valence electrons. The van der Waals surface area contributed by atoms with Gasteiger partial charge in [0.2, 0.25) is 5.91 Å². The van der Waals surface area contributed by atoms with Crippen molar-refractivity contribution in [2.24, 2.45) is 0 Å². The zero-order valence-corrected chi connectivity index (χ0v) is 14.2. The second kappa shape index (κ2) is 5.51. The van der Waals surface area contributed by atoms with Crippen molar-refractivity contribution in [3.8, 4) is 0 Å². The average Bonchev–Trinajstić information content (AvgIpc) is 2.79. The van der Waals surface area contributed by atoms with Crippen LogP contribution in [-0.2, 0) is 11.2 Å². The van der Waals surface area contributed by atoms with Crippen molar-refractivity contribution in [2.45, 2.75) is 11.2 Å². The first-order chi connectivity index (χ1) is 9.54. The van der Waals surface area contributed by atoms with E-state index in [0.29, 0.717) is 11.4 Å². The van der Waals surface area contributed by atoms with Crippen LogP contribution in [0.3, 0.4) is 0 Å². The van der Waals surface area contributed by atoms with E-state index in [1.807, 2.05) is 36.4 Å². The number of anilines is 1. The van der Waals surface area contributed by atoms with Crippen LogP contribution in [0.4, 0.5) is 5.69 Å². The van der Waals surface area contributed by atoms with E-state index in [2.05, 4.69) is 37.2 Å². The molecule has 2 aromatic rings. The Morgan fingerprint density at radius 1 is 1.20 bits per heavy atom. The van der Waals surface area contributed by atoms with Gasteiger partial charge < -0.3 is 5.32 Å². The third-order valence-electron chi connectivity index (χ3n) is 3.28. The summed E-state index contributed by atoms with van der Waals surface area (Å²) in [4.78, 5) is 11.4. The highest BCUT2D eigenvalue weighted by Crippen LogP contribution is 2.38. The lowest BCUT2D eigenvalue weighted by molar-refractivity contribution is -0.115. The van der Waals surface area contributed by atoms with Crippen molar-refractivity contribution < 1.29 is 4.79 Å². The number of fused-ring (bicyclic) bond motifs is 1. The third kappa shape index (κ3) is 2.65. The summed E-state index contributed by atoms with van der Waals surface area (Å²) in [7, 11) is 0. The number of hydrogen-bond donors (Lipinski definition) is 1. The Hall–Kier alpha value is -0.840. The average molecular weight is 416 g/mol. The molecule has 1 heterocycles. The monoisotopic (exact) mass is 413 g/mol. The van der Waals surface area contributed by atoms with Crippen LogP contribution in [0.1, 0.15) is 21.5 Å². The lowest BCUT2D eigenvalue weighted by Crippen LogP contribution is -2.03. The van der Waals surface area contributed by atoms with Gasteiger partial charge in [-0.1, -0.05) is 55.6 Å². The molecule has 1 aliphatic rings. The molecule has 0 aromatic heterocycles. The normalized spacial score (nSPS) is 14.8. The Labute approximate surface area is 138 Å². The van der Waals surface area contributed by atoms with E-state index in [1.54, 1.807) is 0 Å². The third-order valence-corrected chi connectivity index (χ3v) is 5.14. The zero-order valence-electron chi connectivity index (χ0n) is 10.3. The lowest BCUT2D eigenvalue weighted by atomic mass is 10.0. The molecule has 1 unspecified atom stereocenters. The molecule has 20 heavy (non-hydrogen) atoms. The zero-order chi connectivity index (χ0) is 14.3. The molecular formula is C15H10Br2ClNO. The quantitative estimate of drug-likeness (QED) is 0.681. The molecule has 5 heteroatoms. The number of benzene rings is 2. The van der Waals surface area contributed by atoms with Crippen molar-refractivity contribution in [1.29, 1.82) is 0 Å². The fraction of sp³-hybridized carbons (Fsp3) is 0.133. The van der Waals surface area contributed by atoms with Gasteiger partial charge in [-0.05, 0) is 41.0 Å². The molecule has 0 radical (unpaired) electrons. The smallest absolute Gasteiger partial charge is 0.228 e. The first-order valence-corrected chi connectivity index (χ1v) is 8.15. The minimum absolute atomic E-state index is 0.00602. The Morgan fingerprint density at radius 3 is 2.80 bits per heavy atom. The van der Waals surface area contributed by atoms with Crippen molar-refractivity contribution in [3.05, 3.63) is 62.6 Å². The fourth-order valence-electron chi connectivity index (χ4n) is 2.30. The first kappa shape index (κ1) is 14.1. The SMILES string of the molecule is O=C1Cc2cc(C(Br)c3cc(Br)ccc3Cl)ccc2N1. The van der Waals surface area contributed by atoms with Gasteiger partial charge in [0.1, 0.15) is 0 Å². The van der Waals surface area contributed by atoms with Crippen molar-refractivity contribution in [3.63, 3.8) is 0 Å². The van der Waals surface area contributed by atoms with Crippen molar-refractivity contribution >= 4 is 55.1 Å². The predicted molar refractivity (Wildman–Crippen MR) is 88.7 cm³/mol. The summed E-state index contributed by atoms with van der Waals surface area (Å²) in [5.74, 6) is 0.0451. The number of hydrogen-bond acceptors (Lipinski definition) is 1. The van der Waals surface area contributed by atoms with Gasteiger partial charge in [0, 0.05) is 15.2 Å². The van der Waals surface area contributed by atoms with Crippen LogP contribution < -0.4 is 5.32 Å². The number of nitrogens with one attached hydrogen (secondary N) is 1. The van der Waals surface area contributed by atoms with E-state index in [9.17, 15) is 4.79 Å². The molecule has 0 saturated heterocycles. The molecule has 0 bridgehead atoms.